The standard InChI is InChI=1S/C10H14N2O2S/c1-7(15-2)5-11-9-4-3-8(6-12-9)10(13)14/h3-4,6-7H,5H2,1-2H3,(H,11,12)(H,13,14). The van der Waals surface area contributed by atoms with Gasteiger partial charge in [0.15, 0.2) is 0 Å². The minimum atomic E-state index is -0.952. The third-order valence-corrected chi connectivity index (χ3v) is 2.95. The highest BCUT2D eigenvalue weighted by Gasteiger charge is 2.03. The largest absolute Gasteiger partial charge is 0.478 e. The lowest BCUT2D eigenvalue weighted by atomic mass is 10.3. The maximum Gasteiger partial charge on any atom is 0.337 e. The first kappa shape index (κ1) is 11.8. The van der Waals surface area contributed by atoms with Crippen LogP contribution in [0.15, 0.2) is 18.3 Å². The molecule has 0 bridgehead atoms. The molecular weight excluding hydrogens is 212 g/mol. The molecule has 0 saturated heterocycles. The second-order valence-corrected chi connectivity index (χ2v) is 4.44. The Morgan fingerprint density at radius 3 is 2.87 bits per heavy atom. The Hall–Kier alpha value is -1.23. The van der Waals surface area contributed by atoms with Crippen molar-refractivity contribution < 1.29 is 9.90 Å². The number of aromatic carboxylic acids is 1. The van der Waals surface area contributed by atoms with Crippen LogP contribution in [0.4, 0.5) is 5.82 Å². The predicted octanol–water partition coefficient (Wildman–Crippen LogP) is 1.94. The number of thioether (sulfide) groups is 1. The number of nitrogens with zero attached hydrogens (tertiary/aromatic N) is 1. The molecule has 0 radical (unpaired) electrons. The topological polar surface area (TPSA) is 62.2 Å². The Balaban J connectivity index is 2.53. The van der Waals surface area contributed by atoms with Gasteiger partial charge in [-0.1, -0.05) is 6.92 Å². The van der Waals surface area contributed by atoms with Crippen molar-refractivity contribution in [3.63, 3.8) is 0 Å². The molecule has 1 aromatic rings. The minimum absolute atomic E-state index is 0.207. The van der Waals surface area contributed by atoms with Gasteiger partial charge in [0.2, 0.25) is 0 Å². The quantitative estimate of drug-likeness (QED) is 0.803. The lowest BCUT2D eigenvalue weighted by molar-refractivity contribution is 0.0696. The summed E-state index contributed by atoms with van der Waals surface area (Å²) in [5.74, 6) is -0.243. The summed E-state index contributed by atoms with van der Waals surface area (Å²) in [4.78, 5) is 14.6. The summed E-state index contributed by atoms with van der Waals surface area (Å²) in [6.45, 7) is 2.93. The highest BCUT2D eigenvalue weighted by atomic mass is 32.2. The molecule has 5 heteroatoms. The second-order valence-electron chi connectivity index (χ2n) is 3.16. The van der Waals surface area contributed by atoms with E-state index in [1.807, 2.05) is 6.26 Å². The van der Waals surface area contributed by atoms with Crippen LogP contribution in [0.1, 0.15) is 17.3 Å². The molecule has 0 aliphatic heterocycles. The van der Waals surface area contributed by atoms with E-state index >= 15 is 0 Å². The van der Waals surface area contributed by atoms with Crippen LogP contribution < -0.4 is 5.32 Å². The van der Waals surface area contributed by atoms with E-state index in [0.29, 0.717) is 11.1 Å². The van der Waals surface area contributed by atoms with Crippen molar-refractivity contribution in [1.29, 1.82) is 0 Å². The highest BCUT2D eigenvalue weighted by Crippen LogP contribution is 2.08. The van der Waals surface area contributed by atoms with E-state index in [9.17, 15) is 4.79 Å². The van der Waals surface area contributed by atoms with Crippen LogP contribution in [0.5, 0.6) is 0 Å². The Bertz CT molecular complexity index is 327. The van der Waals surface area contributed by atoms with Crippen molar-refractivity contribution in [2.75, 3.05) is 18.1 Å². The fourth-order valence-corrected chi connectivity index (χ4v) is 1.21. The van der Waals surface area contributed by atoms with Gasteiger partial charge in [-0.05, 0) is 18.4 Å². The van der Waals surface area contributed by atoms with E-state index in [0.717, 1.165) is 6.54 Å². The average Bonchev–Trinajstić information content (AvgIpc) is 2.26. The van der Waals surface area contributed by atoms with E-state index in [1.165, 1.54) is 6.20 Å². The number of rotatable bonds is 5. The van der Waals surface area contributed by atoms with Gasteiger partial charge in [-0.25, -0.2) is 9.78 Å². The number of nitrogens with one attached hydrogen (secondary N) is 1. The molecule has 1 atom stereocenters. The summed E-state index contributed by atoms with van der Waals surface area (Å²) >= 11 is 1.77. The van der Waals surface area contributed by atoms with Gasteiger partial charge in [0.25, 0.3) is 0 Å². The van der Waals surface area contributed by atoms with Gasteiger partial charge in [-0.2, -0.15) is 11.8 Å². The number of hydrogen-bond donors (Lipinski definition) is 2. The monoisotopic (exact) mass is 226 g/mol. The normalized spacial score (nSPS) is 12.1. The van der Waals surface area contributed by atoms with Gasteiger partial charge in [-0.15, -0.1) is 0 Å². The van der Waals surface area contributed by atoms with Crippen LogP contribution in [0.2, 0.25) is 0 Å². The molecule has 1 unspecified atom stereocenters. The van der Waals surface area contributed by atoms with Gasteiger partial charge in [0.05, 0.1) is 5.56 Å². The number of aromatic nitrogens is 1. The van der Waals surface area contributed by atoms with Gasteiger partial charge in [0, 0.05) is 18.0 Å². The molecule has 82 valence electrons. The van der Waals surface area contributed by atoms with Crippen molar-refractivity contribution in [1.82, 2.24) is 4.98 Å². The third kappa shape index (κ3) is 3.79. The number of hydrogen-bond acceptors (Lipinski definition) is 4. The maximum absolute atomic E-state index is 10.6. The third-order valence-electron chi connectivity index (χ3n) is 1.98. The van der Waals surface area contributed by atoms with Crippen LogP contribution in [0, 0.1) is 0 Å². The number of anilines is 1. The van der Waals surface area contributed by atoms with E-state index in [4.69, 9.17) is 5.11 Å². The number of carbonyl (C=O) groups is 1. The van der Waals surface area contributed by atoms with Gasteiger partial charge < -0.3 is 10.4 Å². The Labute approximate surface area is 93.1 Å². The molecule has 0 amide bonds. The number of carboxylic acids is 1. The van der Waals surface area contributed by atoms with Crippen LogP contribution in [0.25, 0.3) is 0 Å². The van der Waals surface area contributed by atoms with Crippen molar-refractivity contribution in [3.8, 4) is 0 Å². The molecule has 1 heterocycles. The Kier molecular flexibility index (Phi) is 4.42. The molecule has 0 aromatic carbocycles. The zero-order chi connectivity index (χ0) is 11.3. The molecule has 1 rings (SSSR count). The van der Waals surface area contributed by atoms with Crippen LogP contribution in [0.3, 0.4) is 0 Å². The minimum Gasteiger partial charge on any atom is -0.478 e. The van der Waals surface area contributed by atoms with Gasteiger partial charge >= 0.3 is 5.97 Å². The molecular formula is C10H14N2O2S. The van der Waals surface area contributed by atoms with E-state index in [1.54, 1.807) is 23.9 Å². The molecule has 1 aromatic heterocycles. The number of carboxylic acid groups (broad SMARTS) is 1. The number of pyridine rings is 1. The SMILES string of the molecule is CSC(C)CNc1ccc(C(=O)O)cn1. The summed E-state index contributed by atoms with van der Waals surface area (Å²) < 4.78 is 0. The summed E-state index contributed by atoms with van der Waals surface area (Å²) in [5, 5.41) is 12.3. The molecule has 0 saturated carbocycles. The first-order valence-corrected chi connectivity index (χ1v) is 5.88. The maximum atomic E-state index is 10.6. The van der Waals surface area contributed by atoms with E-state index in [-0.39, 0.29) is 5.56 Å². The lowest BCUT2D eigenvalue weighted by Gasteiger charge is -2.09. The first-order valence-electron chi connectivity index (χ1n) is 4.59. The fraction of sp³-hybridized carbons (Fsp3) is 0.400. The van der Waals surface area contributed by atoms with E-state index < -0.39 is 5.97 Å². The van der Waals surface area contributed by atoms with Crippen LogP contribution >= 0.6 is 11.8 Å². The summed E-state index contributed by atoms with van der Waals surface area (Å²) in [5.41, 5.74) is 0.207. The molecule has 0 spiro atoms. The Morgan fingerprint density at radius 1 is 1.67 bits per heavy atom. The van der Waals surface area contributed by atoms with Crippen molar-refractivity contribution in [2.24, 2.45) is 0 Å². The summed E-state index contributed by atoms with van der Waals surface area (Å²) in [6.07, 6.45) is 3.40. The van der Waals surface area contributed by atoms with Crippen LogP contribution in [-0.2, 0) is 0 Å². The zero-order valence-electron chi connectivity index (χ0n) is 8.73. The van der Waals surface area contributed by atoms with Crippen molar-refractivity contribution >= 4 is 23.5 Å². The second kappa shape index (κ2) is 5.60. The van der Waals surface area contributed by atoms with E-state index in [2.05, 4.69) is 17.2 Å². The smallest absolute Gasteiger partial charge is 0.337 e. The van der Waals surface area contributed by atoms with Crippen molar-refractivity contribution in [2.45, 2.75) is 12.2 Å². The first-order chi connectivity index (χ1) is 7.13. The molecule has 0 fully saturated rings. The predicted molar refractivity (Wildman–Crippen MR) is 62.7 cm³/mol. The Morgan fingerprint density at radius 2 is 2.40 bits per heavy atom. The molecule has 0 aliphatic carbocycles. The van der Waals surface area contributed by atoms with Crippen molar-refractivity contribution in [3.05, 3.63) is 23.9 Å². The van der Waals surface area contributed by atoms with Gasteiger partial charge in [-0.3, -0.25) is 0 Å². The summed E-state index contributed by atoms with van der Waals surface area (Å²) in [7, 11) is 0. The molecule has 2 N–H and O–H groups in total. The molecule has 15 heavy (non-hydrogen) atoms. The average molecular weight is 226 g/mol. The lowest BCUT2D eigenvalue weighted by Crippen LogP contribution is -2.13. The fourth-order valence-electron chi connectivity index (χ4n) is 0.957. The highest BCUT2D eigenvalue weighted by molar-refractivity contribution is 7.99. The molecule has 4 nitrogen and oxygen atoms in total. The summed E-state index contributed by atoms with van der Waals surface area (Å²) in [6, 6.07) is 3.22. The van der Waals surface area contributed by atoms with Gasteiger partial charge in [0.1, 0.15) is 5.82 Å². The van der Waals surface area contributed by atoms with Crippen LogP contribution in [-0.4, -0.2) is 34.1 Å². The molecule has 0 aliphatic rings. The zero-order valence-corrected chi connectivity index (χ0v) is 9.54.